The van der Waals surface area contributed by atoms with Gasteiger partial charge in [0, 0.05) is 0 Å². The highest BCUT2D eigenvalue weighted by Gasteiger charge is 1.95. The molecule has 0 aliphatic carbocycles. The minimum atomic E-state index is -1.00. The second kappa shape index (κ2) is 12.4. The normalized spacial score (nSPS) is 12.7. The Balaban J connectivity index is 3.84. The van der Waals surface area contributed by atoms with Crippen LogP contribution in [0.2, 0.25) is 0 Å². The molecule has 0 atom stereocenters. The molecule has 0 aromatic rings. The van der Waals surface area contributed by atoms with Crippen LogP contribution in [0, 0.1) is 0 Å². The summed E-state index contributed by atoms with van der Waals surface area (Å²) >= 11 is 0. The largest absolute Gasteiger partial charge is 0.478 e. The van der Waals surface area contributed by atoms with Crippen molar-refractivity contribution in [2.24, 2.45) is 0 Å². The van der Waals surface area contributed by atoms with Gasteiger partial charge in [-0.3, -0.25) is 0 Å². The molecule has 0 unspecified atom stereocenters. The predicted octanol–water partition coefficient (Wildman–Crippen LogP) is 4.60. The van der Waals surface area contributed by atoms with Crippen LogP contribution in [0.1, 0.15) is 26.2 Å². The molecule has 1 N–H and O–H groups in total. The quantitative estimate of drug-likeness (QED) is 0.373. The van der Waals surface area contributed by atoms with Crippen LogP contribution in [0.25, 0.3) is 0 Å². The van der Waals surface area contributed by atoms with E-state index in [1.165, 1.54) is 18.9 Å². The molecule has 19 heavy (non-hydrogen) atoms. The van der Waals surface area contributed by atoms with Gasteiger partial charge in [0.05, 0.1) is 5.57 Å². The summed E-state index contributed by atoms with van der Waals surface area (Å²) in [6.07, 6.45) is 22.2. The molecule has 0 amide bonds. The first kappa shape index (κ1) is 16.9. The van der Waals surface area contributed by atoms with Gasteiger partial charge in [-0.25, -0.2) is 4.79 Å². The Labute approximate surface area is 115 Å². The molecular formula is C17H22O2. The monoisotopic (exact) mass is 258 g/mol. The van der Waals surface area contributed by atoms with E-state index in [9.17, 15) is 4.79 Å². The van der Waals surface area contributed by atoms with Gasteiger partial charge in [0.2, 0.25) is 0 Å². The van der Waals surface area contributed by atoms with Crippen molar-refractivity contribution in [3.8, 4) is 0 Å². The molecule has 0 saturated heterocycles. The zero-order valence-corrected chi connectivity index (χ0v) is 11.5. The van der Waals surface area contributed by atoms with E-state index in [2.05, 4.69) is 19.6 Å². The third-order valence-corrected chi connectivity index (χ3v) is 2.21. The Morgan fingerprint density at radius 1 is 1.00 bits per heavy atom. The van der Waals surface area contributed by atoms with Crippen molar-refractivity contribution in [3.05, 3.63) is 72.9 Å². The maximum Gasteiger partial charge on any atom is 0.335 e. The smallest absolute Gasteiger partial charge is 0.335 e. The first-order valence-corrected chi connectivity index (χ1v) is 6.44. The number of rotatable bonds is 9. The third-order valence-electron chi connectivity index (χ3n) is 2.21. The second-order valence-electron chi connectivity index (χ2n) is 3.91. The lowest BCUT2D eigenvalue weighted by molar-refractivity contribution is -0.132. The van der Waals surface area contributed by atoms with E-state index < -0.39 is 5.97 Å². The number of hydrogen-bond acceptors (Lipinski definition) is 1. The minimum absolute atomic E-state index is 0.0748. The average Bonchev–Trinajstić information content (AvgIpc) is 2.39. The highest BCUT2D eigenvalue weighted by molar-refractivity contribution is 5.89. The summed E-state index contributed by atoms with van der Waals surface area (Å²) in [4.78, 5) is 10.4. The molecule has 0 aromatic carbocycles. The molecule has 0 aromatic heterocycles. The number of carboxylic acids is 1. The van der Waals surface area contributed by atoms with Gasteiger partial charge >= 0.3 is 5.97 Å². The van der Waals surface area contributed by atoms with Gasteiger partial charge in [0.1, 0.15) is 0 Å². The number of carbonyl (C=O) groups is 1. The topological polar surface area (TPSA) is 37.3 Å². The summed E-state index contributed by atoms with van der Waals surface area (Å²) in [5.41, 5.74) is 0.0748. The fourth-order valence-corrected chi connectivity index (χ4v) is 1.12. The summed E-state index contributed by atoms with van der Waals surface area (Å²) in [7, 11) is 0. The third kappa shape index (κ3) is 12.2. The maximum absolute atomic E-state index is 10.4. The van der Waals surface area contributed by atoms with E-state index in [1.54, 1.807) is 12.2 Å². The van der Waals surface area contributed by atoms with Crippen molar-refractivity contribution in [2.45, 2.75) is 26.2 Å². The van der Waals surface area contributed by atoms with E-state index in [-0.39, 0.29) is 5.57 Å². The lowest BCUT2D eigenvalue weighted by Gasteiger charge is -1.86. The first-order valence-electron chi connectivity index (χ1n) is 6.44. The fraction of sp³-hybridized carbons (Fsp3) is 0.235. The summed E-state index contributed by atoms with van der Waals surface area (Å²) in [6.45, 7) is 5.57. The van der Waals surface area contributed by atoms with Gasteiger partial charge < -0.3 is 5.11 Å². The highest BCUT2D eigenvalue weighted by Crippen LogP contribution is 1.95. The second-order valence-corrected chi connectivity index (χ2v) is 3.91. The molecule has 0 fully saturated rings. The number of carboxylic acid groups (broad SMARTS) is 1. The van der Waals surface area contributed by atoms with Crippen LogP contribution in [0.5, 0.6) is 0 Å². The van der Waals surface area contributed by atoms with Crippen molar-refractivity contribution in [2.75, 3.05) is 0 Å². The lowest BCUT2D eigenvalue weighted by atomic mass is 10.2. The Kier molecular flexibility index (Phi) is 11.0. The first-order chi connectivity index (χ1) is 9.18. The van der Waals surface area contributed by atoms with Crippen LogP contribution < -0.4 is 0 Å². The van der Waals surface area contributed by atoms with Crippen molar-refractivity contribution < 1.29 is 9.90 Å². The van der Waals surface area contributed by atoms with E-state index >= 15 is 0 Å². The zero-order chi connectivity index (χ0) is 14.3. The molecule has 0 aliphatic rings. The van der Waals surface area contributed by atoms with E-state index in [1.807, 2.05) is 36.5 Å². The maximum atomic E-state index is 10.4. The predicted molar refractivity (Wildman–Crippen MR) is 82.0 cm³/mol. The average molecular weight is 258 g/mol. The number of unbranched alkanes of at least 4 members (excludes halogenated alkanes) is 2. The zero-order valence-electron chi connectivity index (χ0n) is 11.5. The molecule has 0 rings (SSSR count). The lowest BCUT2D eigenvalue weighted by Crippen LogP contribution is -1.94. The minimum Gasteiger partial charge on any atom is -0.478 e. The Morgan fingerprint density at radius 3 is 2.05 bits per heavy atom. The molecule has 0 radical (unpaired) electrons. The van der Waals surface area contributed by atoms with Crippen LogP contribution in [-0.4, -0.2) is 11.1 Å². The molecule has 2 nitrogen and oxygen atoms in total. The standard InChI is InChI=1S/C17H22O2/c1-3-4-5-6-7-8-9-10-11-12-13-14-15-16(2)17(18)19/h6-15H,2-5H2,1H3,(H,18,19). The summed E-state index contributed by atoms with van der Waals surface area (Å²) in [5, 5.41) is 8.55. The molecular weight excluding hydrogens is 236 g/mol. The number of aliphatic carboxylic acids is 1. The molecule has 2 heteroatoms. The molecule has 0 spiro atoms. The Hall–Kier alpha value is -2.09. The summed E-state index contributed by atoms with van der Waals surface area (Å²) in [6, 6.07) is 0. The van der Waals surface area contributed by atoms with Gasteiger partial charge in [-0.05, 0) is 12.5 Å². The van der Waals surface area contributed by atoms with Crippen LogP contribution in [0.15, 0.2) is 72.9 Å². The fourth-order valence-electron chi connectivity index (χ4n) is 1.12. The van der Waals surface area contributed by atoms with Gasteiger partial charge in [-0.2, -0.15) is 0 Å². The van der Waals surface area contributed by atoms with Gasteiger partial charge in [0.15, 0.2) is 0 Å². The molecule has 0 heterocycles. The van der Waals surface area contributed by atoms with E-state index in [4.69, 9.17) is 5.11 Å². The van der Waals surface area contributed by atoms with Gasteiger partial charge in [0.25, 0.3) is 0 Å². The Bertz CT molecular complexity index is 407. The van der Waals surface area contributed by atoms with Crippen LogP contribution in [0.3, 0.4) is 0 Å². The van der Waals surface area contributed by atoms with Gasteiger partial charge in [-0.15, -0.1) is 0 Å². The molecule has 102 valence electrons. The number of allylic oxidation sites excluding steroid dienone is 9. The van der Waals surface area contributed by atoms with Crippen molar-refractivity contribution in [1.29, 1.82) is 0 Å². The molecule has 0 bridgehead atoms. The van der Waals surface area contributed by atoms with Gasteiger partial charge in [-0.1, -0.05) is 81.0 Å². The summed E-state index contributed by atoms with van der Waals surface area (Å²) < 4.78 is 0. The summed E-state index contributed by atoms with van der Waals surface area (Å²) in [5.74, 6) is -1.00. The van der Waals surface area contributed by atoms with Crippen molar-refractivity contribution in [1.82, 2.24) is 0 Å². The van der Waals surface area contributed by atoms with E-state index in [0.29, 0.717) is 0 Å². The Morgan fingerprint density at radius 2 is 1.53 bits per heavy atom. The SMILES string of the molecule is C=C(C=CC=CC=CC=CC=CCCCC)C(=O)O. The molecule has 0 saturated carbocycles. The van der Waals surface area contributed by atoms with Crippen molar-refractivity contribution in [3.63, 3.8) is 0 Å². The van der Waals surface area contributed by atoms with Crippen LogP contribution in [0.4, 0.5) is 0 Å². The highest BCUT2D eigenvalue weighted by atomic mass is 16.4. The molecule has 0 aliphatic heterocycles. The van der Waals surface area contributed by atoms with Crippen LogP contribution in [-0.2, 0) is 4.79 Å². The van der Waals surface area contributed by atoms with Crippen molar-refractivity contribution >= 4 is 5.97 Å². The van der Waals surface area contributed by atoms with E-state index in [0.717, 1.165) is 6.42 Å². The number of hydrogen-bond donors (Lipinski definition) is 1. The van der Waals surface area contributed by atoms with Crippen LogP contribution >= 0.6 is 0 Å².